The molecular formula is C8H8BFO2. The van der Waals surface area contributed by atoms with Crippen LogP contribution in [0.15, 0.2) is 12.1 Å². The van der Waals surface area contributed by atoms with Crippen molar-refractivity contribution in [3.05, 3.63) is 29.1 Å². The number of aromatic carboxylic acids is 1. The third-order valence-electron chi connectivity index (χ3n) is 1.85. The second-order valence-corrected chi connectivity index (χ2v) is 2.71. The standard InChI is InChI=1S/C8H8BFO2/c1-4-6(9)2-5(8(11)12)3-7(4)10/h2-3H,9H2,1H3,(H,11,12). The van der Waals surface area contributed by atoms with Crippen molar-refractivity contribution in [3.8, 4) is 0 Å². The summed E-state index contributed by atoms with van der Waals surface area (Å²) in [6.45, 7) is 1.62. The molecule has 2 nitrogen and oxygen atoms in total. The fraction of sp³-hybridized carbons (Fsp3) is 0.125. The summed E-state index contributed by atoms with van der Waals surface area (Å²) in [7, 11) is 1.69. The molecule has 1 N–H and O–H groups in total. The van der Waals surface area contributed by atoms with E-state index >= 15 is 0 Å². The average molecular weight is 166 g/mol. The van der Waals surface area contributed by atoms with Crippen LogP contribution in [0.25, 0.3) is 0 Å². The summed E-state index contributed by atoms with van der Waals surface area (Å²) in [6, 6.07) is 2.49. The Morgan fingerprint density at radius 2 is 2.17 bits per heavy atom. The largest absolute Gasteiger partial charge is 0.478 e. The molecule has 0 heterocycles. The Hall–Kier alpha value is -1.32. The van der Waals surface area contributed by atoms with E-state index in [1.165, 1.54) is 6.07 Å². The zero-order valence-corrected chi connectivity index (χ0v) is 6.89. The summed E-state index contributed by atoms with van der Waals surface area (Å²) in [5.41, 5.74) is 1.16. The van der Waals surface area contributed by atoms with Gasteiger partial charge in [0.2, 0.25) is 0 Å². The van der Waals surface area contributed by atoms with Crippen molar-refractivity contribution in [2.24, 2.45) is 0 Å². The molecule has 1 rings (SSSR count). The van der Waals surface area contributed by atoms with Gasteiger partial charge >= 0.3 is 5.97 Å². The van der Waals surface area contributed by atoms with Crippen LogP contribution >= 0.6 is 0 Å². The summed E-state index contributed by atoms with van der Waals surface area (Å²) in [5, 5.41) is 8.56. The molecule has 1 aromatic rings. The molecular weight excluding hydrogens is 158 g/mol. The molecule has 62 valence electrons. The number of halogens is 1. The van der Waals surface area contributed by atoms with Gasteiger partial charge in [-0.05, 0) is 18.6 Å². The first-order valence-electron chi connectivity index (χ1n) is 3.52. The van der Waals surface area contributed by atoms with Crippen molar-refractivity contribution in [1.29, 1.82) is 0 Å². The summed E-state index contributed by atoms with van der Waals surface area (Å²) >= 11 is 0. The summed E-state index contributed by atoms with van der Waals surface area (Å²) < 4.78 is 12.9. The molecule has 0 aliphatic carbocycles. The molecule has 1 aromatic carbocycles. The summed E-state index contributed by atoms with van der Waals surface area (Å²) in [5.74, 6) is -1.57. The number of hydrogen-bond donors (Lipinski definition) is 1. The van der Waals surface area contributed by atoms with Crippen LogP contribution in [0, 0.1) is 12.7 Å². The molecule has 0 aliphatic rings. The van der Waals surface area contributed by atoms with Crippen molar-refractivity contribution < 1.29 is 14.3 Å². The van der Waals surface area contributed by atoms with Crippen LogP contribution in [0.3, 0.4) is 0 Å². The first-order valence-corrected chi connectivity index (χ1v) is 3.52. The number of rotatable bonds is 1. The van der Waals surface area contributed by atoms with E-state index in [0.29, 0.717) is 11.0 Å². The van der Waals surface area contributed by atoms with E-state index in [1.807, 2.05) is 0 Å². The number of benzene rings is 1. The van der Waals surface area contributed by atoms with Crippen LogP contribution in [0.4, 0.5) is 4.39 Å². The highest BCUT2D eigenvalue weighted by molar-refractivity contribution is 6.33. The smallest absolute Gasteiger partial charge is 0.335 e. The highest BCUT2D eigenvalue weighted by Gasteiger charge is 2.07. The van der Waals surface area contributed by atoms with E-state index in [0.717, 1.165) is 6.07 Å². The number of carboxylic acid groups (broad SMARTS) is 1. The van der Waals surface area contributed by atoms with E-state index in [2.05, 4.69) is 0 Å². The minimum Gasteiger partial charge on any atom is -0.478 e. The van der Waals surface area contributed by atoms with Gasteiger partial charge in [-0.3, -0.25) is 0 Å². The fourth-order valence-corrected chi connectivity index (χ4v) is 0.940. The molecule has 12 heavy (non-hydrogen) atoms. The quantitative estimate of drug-likeness (QED) is 0.600. The maximum Gasteiger partial charge on any atom is 0.335 e. The maximum atomic E-state index is 12.9. The number of hydrogen-bond acceptors (Lipinski definition) is 1. The van der Waals surface area contributed by atoms with E-state index in [9.17, 15) is 9.18 Å². The number of carboxylic acids is 1. The van der Waals surface area contributed by atoms with Gasteiger partial charge in [-0.15, -0.1) is 0 Å². The van der Waals surface area contributed by atoms with Gasteiger partial charge in [-0.2, -0.15) is 0 Å². The predicted molar refractivity (Wildman–Crippen MR) is 46.3 cm³/mol. The molecule has 0 spiro atoms. The van der Waals surface area contributed by atoms with Gasteiger partial charge in [0.15, 0.2) is 0 Å². The van der Waals surface area contributed by atoms with Crippen LogP contribution in [0.2, 0.25) is 0 Å². The molecule has 0 bridgehead atoms. The highest BCUT2D eigenvalue weighted by Crippen LogP contribution is 2.06. The highest BCUT2D eigenvalue weighted by atomic mass is 19.1. The third kappa shape index (κ3) is 1.47. The van der Waals surface area contributed by atoms with Gasteiger partial charge in [0, 0.05) is 0 Å². The normalized spacial score (nSPS) is 9.83. The molecule has 0 unspecified atom stereocenters. The maximum absolute atomic E-state index is 12.9. The minimum absolute atomic E-state index is 0.00407. The molecule has 0 aliphatic heterocycles. The Kier molecular flexibility index (Phi) is 2.17. The molecule has 0 saturated heterocycles. The molecule has 0 saturated carbocycles. The lowest BCUT2D eigenvalue weighted by Gasteiger charge is -2.02. The minimum atomic E-state index is -1.10. The molecule has 0 amide bonds. The van der Waals surface area contributed by atoms with Gasteiger partial charge in [0.1, 0.15) is 13.7 Å². The third-order valence-corrected chi connectivity index (χ3v) is 1.85. The van der Waals surface area contributed by atoms with Crippen LogP contribution in [-0.2, 0) is 0 Å². The lowest BCUT2D eigenvalue weighted by molar-refractivity contribution is 0.0696. The van der Waals surface area contributed by atoms with Crippen LogP contribution in [0.5, 0.6) is 0 Å². The van der Waals surface area contributed by atoms with Crippen molar-refractivity contribution in [2.45, 2.75) is 6.92 Å². The molecule has 0 aromatic heterocycles. The second kappa shape index (κ2) is 2.97. The molecule has 0 radical (unpaired) electrons. The monoisotopic (exact) mass is 166 g/mol. The van der Waals surface area contributed by atoms with Crippen LogP contribution in [0.1, 0.15) is 15.9 Å². The lowest BCUT2D eigenvalue weighted by atomic mass is 9.89. The Balaban J connectivity index is 3.31. The van der Waals surface area contributed by atoms with Crippen molar-refractivity contribution in [1.82, 2.24) is 0 Å². The Bertz CT molecular complexity index is 313. The Morgan fingerprint density at radius 1 is 1.58 bits per heavy atom. The molecule has 4 heteroatoms. The van der Waals surface area contributed by atoms with E-state index < -0.39 is 11.8 Å². The lowest BCUT2D eigenvalue weighted by Crippen LogP contribution is -2.13. The molecule has 0 atom stereocenters. The van der Waals surface area contributed by atoms with Gasteiger partial charge in [0.25, 0.3) is 0 Å². The van der Waals surface area contributed by atoms with Crippen molar-refractivity contribution in [3.63, 3.8) is 0 Å². The first-order chi connectivity index (χ1) is 5.52. The Morgan fingerprint density at radius 3 is 2.58 bits per heavy atom. The van der Waals surface area contributed by atoms with Gasteiger partial charge < -0.3 is 5.11 Å². The SMILES string of the molecule is Bc1cc(C(=O)O)cc(F)c1C. The van der Waals surface area contributed by atoms with Gasteiger partial charge in [-0.25, -0.2) is 9.18 Å². The van der Waals surface area contributed by atoms with Crippen molar-refractivity contribution >= 4 is 19.3 Å². The van der Waals surface area contributed by atoms with E-state index in [-0.39, 0.29) is 5.56 Å². The average Bonchev–Trinajstić information content (AvgIpc) is 1.99. The Labute approximate surface area is 70.4 Å². The second-order valence-electron chi connectivity index (χ2n) is 2.71. The summed E-state index contributed by atoms with van der Waals surface area (Å²) in [6.07, 6.45) is 0. The summed E-state index contributed by atoms with van der Waals surface area (Å²) in [4.78, 5) is 10.5. The van der Waals surface area contributed by atoms with Crippen molar-refractivity contribution in [2.75, 3.05) is 0 Å². The zero-order valence-electron chi connectivity index (χ0n) is 6.89. The zero-order chi connectivity index (χ0) is 9.30. The van der Waals surface area contributed by atoms with E-state index in [4.69, 9.17) is 5.11 Å². The predicted octanol–water partition coefficient (Wildman–Crippen LogP) is 0.0907. The topological polar surface area (TPSA) is 37.3 Å². The van der Waals surface area contributed by atoms with Gasteiger partial charge in [0.05, 0.1) is 5.56 Å². The molecule has 0 fully saturated rings. The van der Waals surface area contributed by atoms with E-state index in [1.54, 1.807) is 14.8 Å². The van der Waals surface area contributed by atoms with Crippen LogP contribution in [-0.4, -0.2) is 18.9 Å². The first kappa shape index (κ1) is 8.78. The van der Waals surface area contributed by atoms with Crippen LogP contribution < -0.4 is 5.46 Å². The van der Waals surface area contributed by atoms with Gasteiger partial charge in [-0.1, -0.05) is 11.5 Å². The number of carbonyl (C=O) groups is 1. The fourth-order valence-electron chi connectivity index (χ4n) is 0.940.